The molecule has 5 nitrogen and oxygen atoms in total. The number of carbonyl (C=O) groups is 1. The fourth-order valence-electron chi connectivity index (χ4n) is 0.223. The van der Waals surface area contributed by atoms with Gasteiger partial charge in [-0.3, -0.25) is 0 Å². The summed E-state index contributed by atoms with van der Waals surface area (Å²) in [5.74, 6) is 0. The van der Waals surface area contributed by atoms with Crippen molar-refractivity contribution >= 4 is 6.09 Å². The van der Waals surface area contributed by atoms with Crippen molar-refractivity contribution in [3.8, 4) is 0 Å². The molecule has 0 aliphatic rings. The number of aliphatic hydroxyl groups is 1. The minimum Gasteiger partial charge on any atom is -0.422 e. The Bertz CT molecular complexity index is 84.6. The van der Waals surface area contributed by atoms with E-state index in [0.29, 0.717) is 0 Å². The molecule has 0 fully saturated rings. The van der Waals surface area contributed by atoms with E-state index in [1.165, 1.54) is 0 Å². The number of primary amides is 1. The number of hydrogen-bond donors (Lipinski definition) is 2. The Kier molecular flexibility index (Phi) is 4.85. The fraction of sp³-hybridized carbons (Fsp3) is 0.750. The van der Waals surface area contributed by atoms with Gasteiger partial charge in [0.2, 0.25) is 0 Å². The molecule has 0 radical (unpaired) electrons. The molecule has 0 atom stereocenters. The Hall–Kier alpha value is -0.810. The minimum absolute atomic E-state index is 0.0951. The second kappa shape index (κ2) is 5.33. The van der Waals surface area contributed by atoms with Crippen LogP contribution < -0.4 is 5.73 Å². The first-order valence-electron chi connectivity index (χ1n) is 2.38. The van der Waals surface area contributed by atoms with Gasteiger partial charge in [-0.1, -0.05) is 0 Å². The number of nitrogens with two attached hydrogens (primary N) is 1. The summed E-state index contributed by atoms with van der Waals surface area (Å²) in [4.78, 5) is 9.82. The normalized spacial score (nSPS) is 9.00. The molecule has 0 unspecified atom stereocenters. The highest BCUT2D eigenvalue weighted by atomic mass is 16.7. The Morgan fingerprint density at radius 1 is 1.67 bits per heavy atom. The molecule has 0 saturated carbocycles. The third-order valence-corrected chi connectivity index (χ3v) is 0.520. The summed E-state index contributed by atoms with van der Waals surface area (Å²) in [6.45, 7) is -0.148. The summed E-state index contributed by atoms with van der Waals surface area (Å²) in [6, 6.07) is 0. The van der Waals surface area contributed by atoms with Crippen molar-refractivity contribution in [1.82, 2.24) is 0 Å². The van der Waals surface area contributed by atoms with E-state index in [0.717, 1.165) is 0 Å². The predicted octanol–water partition coefficient (Wildman–Crippen LogP) is -0.952. The molecule has 1 amide bonds. The van der Waals surface area contributed by atoms with Crippen LogP contribution in [0.5, 0.6) is 0 Å². The van der Waals surface area contributed by atoms with E-state index in [9.17, 15) is 4.79 Å². The predicted molar refractivity (Wildman–Crippen MR) is 28.6 cm³/mol. The molecule has 9 heavy (non-hydrogen) atoms. The molecule has 5 heteroatoms. The van der Waals surface area contributed by atoms with Gasteiger partial charge in [0.25, 0.3) is 0 Å². The van der Waals surface area contributed by atoms with E-state index in [1.807, 2.05) is 0 Å². The van der Waals surface area contributed by atoms with Crippen LogP contribution in [0.15, 0.2) is 0 Å². The monoisotopic (exact) mass is 135 g/mol. The third-order valence-electron chi connectivity index (χ3n) is 0.520. The zero-order valence-electron chi connectivity index (χ0n) is 4.87. The van der Waals surface area contributed by atoms with Gasteiger partial charge in [-0.15, -0.1) is 0 Å². The SMILES string of the molecule is NC(=O)OCOCCO. The van der Waals surface area contributed by atoms with Gasteiger partial charge < -0.3 is 20.3 Å². The highest BCUT2D eigenvalue weighted by molar-refractivity contribution is 5.64. The van der Waals surface area contributed by atoms with Crippen LogP contribution in [0.1, 0.15) is 0 Å². The lowest BCUT2D eigenvalue weighted by Crippen LogP contribution is -2.16. The van der Waals surface area contributed by atoms with Gasteiger partial charge in [0.1, 0.15) is 0 Å². The summed E-state index contributed by atoms with van der Waals surface area (Å²) in [6.07, 6.45) is -0.882. The fourth-order valence-corrected chi connectivity index (χ4v) is 0.223. The van der Waals surface area contributed by atoms with Gasteiger partial charge in [0.15, 0.2) is 6.79 Å². The van der Waals surface area contributed by atoms with E-state index in [1.54, 1.807) is 0 Å². The lowest BCUT2D eigenvalue weighted by atomic mass is 10.8. The van der Waals surface area contributed by atoms with Crippen molar-refractivity contribution in [3.05, 3.63) is 0 Å². The minimum atomic E-state index is -0.882. The summed E-state index contributed by atoms with van der Waals surface area (Å²) >= 11 is 0. The van der Waals surface area contributed by atoms with Gasteiger partial charge >= 0.3 is 6.09 Å². The quantitative estimate of drug-likeness (QED) is 0.384. The number of carbonyl (C=O) groups excluding carboxylic acids is 1. The second-order valence-corrected chi connectivity index (χ2v) is 1.21. The lowest BCUT2D eigenvalue weighted by Gasteiger charge is -1.99. The molecular weight excluding hydrogens is 126 g/mol. The van der Waals surface area contributed by atoms with E-state index >= 15 is 0 Å². The molecule has 0 aliphatic heterocycles. The third kappa shape index (κ3) is 7.19. The van der Waals surface area contributed by atoms with E-state index in [-0.39, 0.29) is 20.0 Å². The molecule has 0 saturated heterocycles. The van der Waals surface area contributed by atoms with Crippen molar-refractivity contribution in [1.29, 1.82) is 0 Å². The van der Waals surface area contributed by atoms with E-state index < -0.39 is 6.09 Å². The van der Waals surface area contributed by atoms with Crippen LogP contribution in [0.3, 0.4) is 0 Å². The molecule has 54 valence electrons. The maximum atomic E-state index is 9.82. The first-order valence-corrected chi connectivity index (χ1v) is 2.38. The smallest absolute Gasteiger partial charge is 0.406 e. The number of ether oxygens (including phenoxy) is 2. The van der Waals surface area contributed by atoms with Crippen molar-refractivity contribution in [2.24, 2.45) is 5.73 Å². The summed E-state index contributed by atoms with van der Waals surface area (Å²) < 4.78 is 8.67. The van der Waals surface area contributed by atoms with Gasteiger partial charge in [0, 0.05) is 0 Å². The van der Waals surface area contributed by atoms with Crippen molar-refractivity contribution in [2.75, 3.05) is 20.0 Å². The molecule has 0 aromatic heterocycles. The zero-order valence-corrected chi connectivity index (χ0v) is 4.87. The van der Waals surface area contributed by atoms with Gasteiger partial charge in [-0.2, -0.15) is 0 Å². The summed E-state index contributed by atoms with van der Waals surface area (Å²) in [5.41, 5.74) is 4.57. The van der Waals surface area contributed by atoms with E-state index in [4.69, 9.17) is 5.11 Å². The van der Waals surface area contributed by atoms with Crippen molar-refractivity contribution in [3.63, 3.8) is 0 Å². The van der Waals surface area contributed by atoms with Crippen LogP contribution in [0.25, 0.3) is 0 Å². The van der Waals surface area contributed by atoms with Crippen molar-refractivity contribution in [2.45, 2.75) is 0 Å². The van der Waals surface area contributed by atoms with Crippen LogP contribution in [0.4, 0.5) is 4.79 Å². The highest BCUT2D eigenvalue weighted by Gasteiger charge is 1.90. The molecule has 0 aliphatic carbocycles. The zero-order chi connectivity index (χ0) is 7.11. The standard InChI is InChI=1S/C4H9NO4/c5-4(7)9-3-8-2-1-6/h6H,1-3H2,(H2,5,7). The Morgan fingerprint density at radius 2 is 2.33 bits per heavy atom. The van der Waals surface area contributed by atoms with Crippen LogP contribution >= 0.6 is 0 Å². The lowest BCUT2D eigenvalue weighted by molar-refractivity contribution is -0.0239. The molecule has 0 aromatic rings. The Labute approximate surface area is 52.4 Å². The highest BCUT2D eigenvalue weighted by Crippen LogP contribution is 1.75. The molecule has 0 heterocycles. The van der Waals surface area contributed by atoms with Gasteiger partial charge in [-0.25, -0.2) is 4.79 Å². The number of hydrogen-bond acceptors (Lipinski definition) is 4. The summed E-state index contributed by atoms with van der Waals surface area (Å²) in [7, 11) is 0. The molecule has 3 N–H and O–H groups in total. The molecule has 0 bridgehead atoms. The van der Waals surface area contributed by atoms with Crippen molar-refractivity contribution < 1.29 is 19.4 Å². The Balaban J connectivity index is 2.83. The average molecular weight is 135 g/mol. The number of aliphatic hydroxyl groups excluding tert-OH is 1. The largest absolute Gasteiger partial charge is 0.422 e. The van der Waals surface area contributed by atoms with Crippen LogP contribution in [0, 0.1) is 0 Å². The van der Waals surface area contributed by atoms with Gasteiger partial charge in [0.05, 0.1) is 13.2 Å². The first-order chi connectivity index (χ1) is 4.27. The maximum absolute atomic E-state index is 9.82. The van der Waals surface area contributed by atoms with E-state index in [2.05, 4.69) is 15.2 Å². The van der Waals surface area contributed by atoms with Crippen LogP contribution in [-0.4, -0.2) is 31.2 Å². The van der Waals surface area contributed by atoms with Crippen LogP contribution in [-0.2, 0) is 9.47 Å². The maximum Gasteiger partial charge on any atom is 0.406 e. The molecule has 0 spiro atoms. The first kappa shape index (κ1) is 8.19. The topological polar surface area (TPSA) is 81.8 Å². The van der Waals surface area contributed by atoms with Gasteiger partial charge in [-0.05, 0) is 0 Å². The number of rotatable bonds is 4. The number of amides is 1. The second-order valence-electron chi connectivity index (χ2n) is 1.21. The Morgan fingerprint density at radius 3 is 2.78 bits per heavy atom. The average Bonchev–Trinajstić information content (AvgIpc) is 1.80. The molecule has 0 rings (SSSR count). The molecular formula is C4H9NO4. The van der Waals surface area contributed by atoms with Crippen LogP contribution in [0.2, 0.25) is 0 Å². The summed E-state index contributed by atoms with van der Waals surface area (Å²) in [5, 5.41) is 8.13. The molecule has 0 aromatic carbocycles.